The van der Waals surface area contributed by atoms with E-state index in [9.17, 15) is 14.7 Å². The van der Waals surface area contributed by atoms with Crippen LogP contribution < -0.4 is 0 Å². The average molecular weight is 309 g/mol. The minimum Gasteiger partial charge on any atom is -0.391 e. The Kier molecular flexibility index (Phi) is 5.17. The molecule has 21 heavy (non-hydrogen) atoms. The molecule has 0 radical (unpaired) electrons. The van der Waals surface area contributed by atoms with Gasteiger partial charge in [0.1, 0.15) is 0 Å². The molecule has 1 amide bonds. The Morgan fingerprint density at radius 2 is 2.05 bits per heavy atom. The highest BCUT2D eigenvalue weighted by Gasteiger charge is 2.32. The summed E-state index contributed by atoms with van der Waals surface area (Å²) < 4.78 is 0. The van der Waals surface area contributed by atoms with E-state index in [0.717, 1.165) is 21.7 Å². The molecule has 1 fully saturated rings. The lowest BCUT2D eigenvalue weighted by molar-refractivity contribution is -0.130. The molecular weight excluding hydrogens is 286 g/mol. The summed E-state index contributed by atoms with van der Waals surface area (Å²) in [5, 5.41) is 9.84. The van der Waals surface area contributed by atoms with Crippen molar-refractivity contribution in [2.75, 3.05) is 13.1 Å². The lowest BCUT2D eigenvalue weighted by atomic mass is 10.0. The molecule has 2 atom stereocenters. The standard InChI is InChI=1S/C16H23NO3S/c1-4-12-8-17(9-15(12)19)16(20)6-5-14(18)13-7-10(2)21-11(13)3/h7,12,15,19H,4-6,8-9H2,1-3H3/t12-,15-/m1/s1. The second-order valence-electron chi connectivity index (χ2n) is 5.78. The number of carbonyl (C=O) groups is 2. The molecular formula is C16H23NO3S. The molecule has 1 aliphatic rings. The number of aliphatic hydroxyl groups is 1. The summed E-state index contributed by atoms with van der Waals surface area (Å²) >= 11 is 1.61. The zero-order valence-electron chi connectivity index (χ0n) is 12.9. The maximum Gasteiger partial charge on any atom is 0.223 e. The van der Waals surface area contributed by atoms with Crippen LogP contribution in [0.3, 0.4) is 0 Å². The Balaban J connectivity index is 1.87. The molecule has 1 aromatic rings. The number of hydrogen-bond donors (Lipinski definition) is 1. The Morgan fingerprint density at radius 1 is 1.33 bits per heavy atom. The van der Waals surface area contributed by atoms with Crippen LogP contribution in [0.15, 0.2) is 6.07 Å². The number of nitrogens with zero attached hydrogens (tertiary/aromatic N) is 1. The molecule has 0 aromatic carbocycles. The third kappa shape index (κ3) is 3.71. The maximum absolute atomic E-state index is 12.2. The Bertz CT molecular complexity index is 538. The Morgan fingerprint density at radius 3 is 2.57 bits per heavy atom. The summed E-state index contributed by atoms with van der Waals surface area (Å²) in [6, 6.07) is 1.90. The van der Waals surface area contributed by atoms with E-state index in [1.807, 2.05) is 26.8 Å². The number of rotatable bonds is 5. The summed E-state index contributed by atoms with van der Waals surface area (Å²) in [6.07, 6.45) is 0.934. The molecule has 0 bridgehead atoms. The first-order valence-corrected chi connectivity index (χ1v) is 8.30. The van der Waals surface area contributed by atoms with E-state index >= 15 is 0 Å². The fourth-order valence-corrected chi connectivity index (χ4v) is 3.82. The van der Waals surface area contributed by atoms with Gasteiger partial charge in [-0.2, -0.15) is 0 Å². The summed E-state index contributed by atoms with van der Waals surface area (Å²) in [4.78, 5) is 28.1. The van der Waals surface area contributed by atoms with Crippen molar-refractivity contribution in [2.24, 2.45) is 5.92 Å². The summed E-state index contributed by atoms with van der Waals surface area (Å²) in [5.41, 5.74) is 0.748. The van der Waals surface area contributed by atoms with Gasteiger partial charge in [-0.25, -0.2) is 0 Å². The molecule has 2 rings (SSSR count). The first-order valence-electron chi connectivity index (χ1n) is 7.48. The molecule has 1 aromatic heterocycles. The van der Waals surface area contributed by atoms with Crippen LogP contribution in [0.2, 0.25) is 0 Å². The fourth-order valence-electron chi connectivity index (χ4n) is 2.88. The second kappa shape index (κ2) is 6.71. The number of amides is 1. The van der Waals surface area contributed by atoms with E-state index in [2.05, 4.69) is 0 Å². The highest BCUT2D eigenvalue weighted by molar-refractivity contribution is 7.12. The summed E-state index contributed by atoms with van der Waals surface area (Å²) in [7, 11) is 0. The fraction of sp³-hybridized carbons (Fsp3) is 0.625. The van der Waals surface area contributed by atoms with Crippen LogP contribution in [0.1, 0.15) is 46.3 Å². The van der Waals surface area contributed by atoms with E-state index in [-0.39, 0.29) is 30.4 Å². The average Bonchev–Trinajstić information content (AvgIpc) is 2.98. The quantitative estimate of drug-likeness (QED) is 0.850. The number of aliphatic hydroxyl groups excluding tert-OH is 1. The van der Waals surface area contributed by atoms with Crippen LogP contribution in [-0.4, -0.2) is 40.9 Å². The predicted molar refractivity (Wildman–Crippen MR) is 83.7 cm³/mol. The smallest absolute Gasteiger partial charge is 0.223 e. The predicted octanol–water partition coefficient (Wildman–Crippen LogP) is 2.56. The number of Topliss-reactive ketones (excluding diaryl/α,β-unsaturated/α-hetero) is 1. The molecule has 0 unspecified atom stereocenters. The minimum absolute atomic E-state index is 0.0250. The normalized spacial score (nSPS) is 21.8. The number of hydrogen-bond acceptors (Lipinski definition) is 4. The van der Waals surface area contributed by atoms with Gasteiger partial charge >= 0.3 is 0 Å². The number of thiophene rings is 1. The van der Waals surface area contributed by atoms with Crippen molar-refractivity contribution in [1.82, 2.24) is 4.90 Å². The van der Waals surface area contributed by atoms with Crippen molar-refractivity contribution in [2.45, 2.75) is 46.1 Å². The molecule has 1 saturated heterocycles. The van der Waals surface area contributed by atoms with Crippen molar-refractivity contribution < 1.29 is 14.7 Å². The monoisotopic (exact) mass is 309 g/mol. The number of β-amino-alcohol motifs (C(OH)–C–C–N with tert-alkyl or cyclic N) is 1. The SMILES string of the molecule is CC[C@@H]1CN(C(=O)CCC(=O)c2cc(C)sc2C)C[C@H]1O. The zero-order chi connectivity index (χ0) is 15.6. The van der Waals surface area contributed by atoms with Gasteiger partial charge in [-0.1, -0.05) is 6.92 Å². The third-order valence-corrected chi connectivity index (χ3v) is 5.16. The maximum atomic E-state index is 12.2. The van der Waals surface area contributed by atoms with Crippen molar-refractivity contribution in [3.05, 3.63) is 21.4 Å². The number of carbonyl (C=O) groups excluding carboxylic acids is 2. The van der Waals surface area contributed by atoms with Gasteiger partial charge in [-0.15, -0.1) is 11.3 Å². The van der Waals surface area contributed by atoms with Gasteiger partial charge in [-0.3, -0.25) is 9.59 Å². The molecule has 4 nitrogen and oxygen atoms in total. The summed E-state index contributed by atoms with van der Waals surface area (Å²) in [5.74, 6) is 0.186. The van der Waals surface area contributed by atoms with Crippen molar-refractivity contribution in [3.63, 3.8) is 0 Å². The van der Waals surface area contributed by atoms with Crippen LogP contribution >= 0.6 is 11.3 Å². The Labute approximate surface area is 129 Å². The van der Waals surface area contributed by atoms with E-state index in [4.69, 9.17) is 0 Å². The van der Waals surface area contributed by atoms with Crippen molar-refractivity contribution in [3.8, 4) is 0 Å². The van der Waals surface area contributed by atoms with Gasteiger partial charge in [0.05, 0.1) is 6.10 Å². The second-order valence-corrected chi connectivity index (χ2v) is 7.24. The zero-order valence-corrected chi connectivity index (χ0v) is 13.7. The van der Waals surface area contributed by atoms with Crippen LogP contribution in [0.25, 0.3) is 0 Å². The molecule has 5 heteroatoms. The number of likely N-dealkylation sites (tertiary alicyclic amines) is 1. The number of aryl methyl sites for hydroxylation is 2. The van der Waals surface area contributed by atoms with Crippen molar-refractivity contribution >= 4 is 23.0 Å². The van der Waals surface area contributed by atoms with Crippen LogP contribution in [0.4, 0.5) is 0 Å². The first kappa shape index (κ1) is 16.2. The van der Waals surface area contributed by atoms with Gasteiger partial charge in [0, 0.05) is 47.2 Å². The highest BCUT2D eigenvalue weighted by Crippen LogP contribution is 2.24. The van der Waals surface area contributed by atoms with Crippen LogP contribution in [0, 0.1) is 19.8 Å². The Hall–Kier alpha value is -1.20. The van der Waals surface area contributed by atoms with Crippen LogP contribution in [-0.2, 0) is 4.79 Å². The van der Waals surface area contributed by atoms with Gasteiger partial charge in [-0.05, 0) is 26.3 Å². The van der Waals surface area contributed by atoms with Crippen molar-refractivity contribution in [1.29, 1.82) is 0 Å². The van der Waals surface area contributed by atoms with E-state index in [0.29, 0.717) is 13.1 Å². The first-order chi connectivity index (χ1) is 9.92. The van der Waals surface area contributed by atoms with E-state index in [1.165, 1.54) is 0 Å². The minimum atomic E-state index is -0.420. The van der Waals surface area contributed by atoms with Gasteiger partial charge < -0.3 is 10.0 Å². The largest absolute Gasteiger partial charge is 0.391 e. The van der Waals surface area contributed by atoms with Gasteiger partial charge in [0.25, 0.3) is 0 Å². The highest BCUT2D eigenvalue weighted by atomic mass is 32.1. The third-order valence-electron chi connectivity index (χ3n) is 4.19. The molecule has 0 spiro atoms. The van der Waals surface area contributed by atoms with Gasteiger partial charge in [0.15, 0.2) is 5.78 Å². The molecule has 2 heterocycles. The molecule has 0 aliphatic carbocycles. The molecule has 0 saturated carbocycles. The number of ketones is 1. The molecule has 1 aliphatic heterocycles. The van der Waals surface area contributed by atoms with E-state index < -0.39 is 6.10 Å². The van der Waals surface area contributed by atoms with Crippen LogP contribution in [0.5, 0.6) is 0 Å². The van der Waals surface area contributed by atoms with Gasteiger partial charge in [0.2, 0.25) is 5.91 Å². The lowest BCUT2D eigenvalue weighted by Crippen LogP contribution is -2.29. The lowest BCUT2D eigenvalue weighted by Gasteiger charge is -2.15. The topological polar surface area (TPSA) is 57.6 Å². The summed E-state index contributed by atoms with van der Waals surface area (Å²) in [6.45, 7) is 6.96. The molecule has 1 N–H and O–H groups in total. The van der Waals surface area contributed by atoms with E-state index in [1.54, 1.807) is 16.2 Å². The molecule has 116 valence electrons.